The highest BCUT2D eigenvalue weighted by atomic mass is 32.1. The molecule has 2 saturated heterocycles. The molecule has 7 heteroatoms. The summed E-state index contributed by atoms with van der Waals surface area (Å²) < 4.78 is 0.950. The topological polar surface area (TPSA) is 74.3 Å². The van der Waals surface area contributed by atoms with E-state index in [1.165, 1.54) is 31.2 Å². The first-order valence-corrected chi connectivity index (χ1v) is 9.09. The van der Waals surface area contributed by atoms with Gasteiger partial charge in [0.25, 0.3) is 5.91 Å². The van der Waals surface area contributed by atoms with Crippen LogP contribution in [0.25, 0.3) is 10.1 Å². The predicted octanol–water partition coefficient (Wildman–Crippen LogP) is 2.08. The van der Waals surface area contributed by atoms with Gasteiger partial charge in [-0.2, -0.15) is 0 Å². The van der Waals surface area contributed by atoms with E-state index in [4.69, 9.17) is 0 Å². The first-order chi connectivity index (χ1) is 11.6. The van der Waals surface area contributed by atoms with Crippen LogP contribution in [-0.4, -0.2) is 47.4 Å². The molecular formula is C17H20N4O2S. The number of nitrogens with zero attached hydrogens (tertiary/aromatic N) is 2. The van der Waals surface area contributed by atoms with E-state index in [1.807, 2.05) is 6.07 Å². The van der Waals surface area contributed by atoms with Crippen molar-refractivity contribution in [1.82, 2.24) is 15.2 Å². The van der Waals surface area contributed by atoms with E-state index in [9.17, 15) is 9.59 Å². The molecule has 0 radical (unpaired) electrons. The Morgan fingerprint density at radius 3 is 3.00 bits per heavy atom. The van der Waals surface area contributed by atoms with Crippen LogP contribution in [0.5, 0.6) is 0 Å². The van der Waals surface area contributed by atoms with E-state index < -0.39 is 0 Å². The van der Waals surface area contributed by atoms with Gasteiger partial charge in [-0.15, -0.1) is 11.3 Å². The summed E-state index contributed by atoms with van der Waals surface area (Å²) in [6.07, 6.45) is 4.01. The van der Waals surface area contributed by atoms with Crippen molar-refractivity contribution in [3.8, 4) is 0 Å². The molecule has 2 aliphatic heterocycles. The molecule has 2 aromatic rings. The normalized spacial score (nSPS) is 25.6. The summed E-state index contributed by atoms with van der Waals surface area (Å²) in [5, 5.41) is 7.61. The second kappa shape index (κ2) is 6.14. The van der Waals surface area contributed by atoms with Gasteiger partial charge in [0.05, 0.1) is 5.00 Å². The Kier molecular flexibility index (Phi) is 3.97. The lowest BCUT2D eigenvalue weighted by Crippen LogP contribution is -2.47. The maximum atomic E-state index is 12.5. The molecule has 24 heavy (non-hydrogen) atoms. The number of piperidine rings is 1. The van der Waals surface area contributed by atoms with Gasteiger partial charge in [-0.05, 0) is 37.4 Å². The van der Waals surface area contributed by atoms with Gasteiger partial charge < -0.3 is 15.5 Å². The van der Waals surface area contributed by atoms with E-state index in [0.717, 1.165) is 40.5 Å². The molecule has 0 saturated carbocycles. The lowest BCUT2D eigenvalue weighted by molar-refractivity contribution is -0.114. The van der Waals surface area contributed by atoms with Crippen LogP contribution in [0.1, 0.15) is 30.3 Å². The summed E-state index contributed by atoms with van der Waals surface area (Å²) in [7, 11) is 0. The zero-order chi connectivity index (χ0) is 16.7. The molecule has 6 nitrogen and oxygen atoms in total. The number of hydrogen-bond donors (Lipinski definition) is 2. The third-order valence-corrected chi connectivity index (χ3v) is 5.75. The SMILES string of the molecule is CC(=O)Nc1cc2cnc(C(=O)NC3CC4CCN(C4)C3)cc2s1. The molecule has 2 aliphatic rings. The minimum Gasteiger partial charge on any atom is -0.347 e. The number of nitrogens with one attached hydrogen (secondary N) is 2. The fraction of sp³-hybridized carbons (Fsp3) is 0.471. The van der Waals surface area contributed by atoms with Crippen molar-refractivity contribution >= 4 is 38.2 Å². The number of fused-ring (bicyclic) bond motifs is 3. The van der Waals surface area contributed by atoms with E-state index in [0.29, 0.717) is 5.69 Å². The highest BCUT2D eigenvalue weighted by Gasteiger charge is 2.33. The predicted molar refractivity (Wildman–Crippen MR) is 94.3 cm³/mol. The minimum atomic E-state index is -0.112. The Hall–Kier alpha value is -1.99. The van der Waals surface area contributed by atoms with Crippen molar-refractivity contribution in [3.63, 3.8) is 0 Å². The molecule has 2 amide bonds. The minimum absolute atomic E-state index is 0.102. The molecule has 4 rings (SSSR count). The molecule has 2 aromatic heterocycles. The van der Waals surface area contributed by atoms with E-state index in [1.54, 1.807) is 12.3 Å². The number of amides is 2. The average Bonchev–Trinajstić information content (AvgIpc) is 3.07. The molecule has 126 valence electrons. The summed E-state index contributed by atoms with van der Waals surface area (Å²) in [6.45, 7) is 4.76. The van der Waals surface area contributed by atoms with Crippen molar-refractivity contribution in [2.45, 2.75) is 25.8 Å². The Bertz CT molecular complexity index is 791. The van der Waals surface area contributed by atoms with Gasteiger partial charge >= 0.3 is 0 Å². The maximum Gasteiger partial charge on any atom is 0.270 e. The van der Waals surface area contributed by atoms with Gasteiger partial charge in [-0.25, -0.2) is 0 Å². The zero-order valence-electron chi connectivity index (χ0n) is 13.5. The van der Waals surface area contributed by atoms with Crippen molar-refractivity contribution < 1.29 is 9.59 Å². The molecule has 2 N–H and O–H groups in total. The lowest BCUT2D eigenvalue weighted by atomic mass is 9.97. The largest absolute Gasteiger partial charge is 0.347 e. The summed E-state index contributed by atoms with van der Waals surface area (Å²) in [5.74, 6) is 0.505. The van der Waals surface area contributed by atoms with E-state index in [2.05, 4.69) is 20.5 Å². The monoisotopic (exact) mass is 344 g/mol. The molecule has 4 heterocycles. The van der Waals surface area contributed by atoms with Crippen LogP contribution in [0.3, 0.4) is 0 Å². The smallest absolute Gasteiger partial charge is 0.270 e. The van der Waals surface area contributed by atoms with Crippen LogP contribution in [-0.2, 0) is 4.79 Å². The van der Waals surface area contributed by atoms with Crippen molar-refractivity contribution in [1.29, 1.82) is 0 Å². The molecule has 3 atom stereocenters. The highest BCUT2D eigenvalue weighted by molar-refractivity contribution is 7.23. The molecule has 3 unspecified atom stereocenters. The van der Waals surface area contributed by atoms with Crippen LogP contribution >= 0.6 is 11.3 Å². The lowest BCUT2D eigenvalue weighted by Gasteiger charge is -2.30. The van der Waals surface area contributed by atoms with Crippen LogP contribution in [0, 0.1) is 5.92 Å². The van der Waals surface area contributed by atoms with Gasteiger partial charge in [0.2, 0.25) is 5.91 Å². The molecule has 2 fully saturated rings. The standard InChI is InChI=1S/C17H20N4O2S/c1-10(22)19-16-5-12-7-18-14(6-15(12)24-16)17(23)20-13-4-11-2-3-21(8-11)9-13/h5-7,11,13H,2-4,8-9H2,1H3,(H,19,22)(H,20,23). The number of hydrogen-bond acceptors (Lipinski definition) is 5. The van der Waals surface area contributed by atoms with Crippen molar-refractivity contribution in [2.24, 2.45) is 5.92 Å². The number of aromatic nitrogens is 1. The number of thiophene rings is 1. The third-order valence-electron chi connectivity index (χ3n) is 4.74. The Morgan fingerprint density at radius 2 is 2.21 bits per heavy atom. The summed E-state index contributed by atoms with van der Waals surface area (Å²) in [4.78, 5) is 30.4. The van der Waals surface area contributed by atoms with E-state index >= 15 is 0 Å². The Balaban J connectivity index is 1.48. The van der Waals surface area contributed by atoms with Crippen LogP contribution in [0.15, 0.2) is 18.3 Å². The number of carbonyl (C=O) groups is 2. The third kappa shape index (κ3) is 3.14. The first-order valence-electron chi connectivity index (χ1n) is 8.27. The fourth-order valence-corrected chi connectivity index (χ4v) is 4.73. The Morgan fingerprint density at radius 1 is 1.33 bits per heavy atom. The van der Waals surface area contributed by atoms with Crippen LogP contribution < -0.4 is 10.6 Å². The summed E-state index contributed by atoms with van der Waals surface area (Å²) >= 11 is 1.45. The molecule has 2 bridgehead atoms. The molecule has 0 spiro atoms. The van der Waals surface area contributed by atoms with E-state index in [-0.39, 0.29) is 17.9 Å². The number of rotatable bonds is 3. The van der Waals surface area contributed by atoms with Gasteiger partial charge in [0, 0.05) is 42.3 Å². The highest BCUT2D eigenvalue weighted by Crippen LogP contribution is 2.30. The zero-order valence-corrected chi connectivity index (χ0v) is 14.4. The van der Waals surface area contributed by atoms with Gasteiger partial charge in [-0.3, -0.25) is 14.6 Å². The van der Waals surface area contributed by atoms with Crippen LogP contribution in [0.2, 0.25) is 0 Å². The molecule has 0 aliphatic carbocycles. The van der Waals surface area contributed by atoms with Gasteiger partial charge in [-0.1, -0.05) is 0 Å². The second-order valence-corrected chi connectivity index (χ2v) is 7.80. The molecule has 0 aromatic carbocycles. The summed E-state index contributed by atoms with van der Waals surface area (Å²) in [5.41, 5.74) is 0.437. The average molecular weight is 344 g/mol. The quantitative estimate of drug-likeness (QED) is 0.894. The van der Waals surface area contributed by atoms with Crippen molar-refractivity contribution in [3.05, 3.63) is 24.0 Å². The van der Waals surface area contributed by atoms with Gasteiger partial charge in [0.15, 0.2) is 0 Å². The summed E-state index contributed by atoms with van der Waals surface area (Å²) in [6, 6.07) is 3.90. The number of pyridine rings is 1. The fourth-order valence-electron chi connectivity index (χ4n) is 3.72. The van der Waals surface area contributed by atoms with Crippen LogP contribution in [0.4, 0.5) is 5.00 Å². The second-order valence-electron chi connectivity index (χ2n) is 6.72. The van der Waals surface area contributed by atoms with Gasteiger partial charge in [0.1, 0.15) is 5.69 Å². The first kappa shape index (κ1) is 15.5. The maximum absolute atomic E-state index is 12.5. The molecular weight excluding hydrogens is 324 g/mol. The Labute approximate surface area is 144 Å². The van der Waals surface area contributed by atoms with Crippen molar-refractivity contribution in [2.75, 3.05) is 25.0 Å². The number of carbonyl (C=O) groups excluding carboxylic acids is 2. The number of anilines is 1.